The molecule has 0 aromatic heterocycles. The molecular weight excluding hydrogens is 332 g/mol. The second-order valence-electron chi connectivity index (χ2n) is 6.78. The predicted octanol–water partition coefficient (Wildman–Crippen LogP) is 1.95. The first-order valence-corrected chi connectivity index (χ1v) is 9.48. The van der Waals surface area contributed by atoms with Crippen molar-refractivity contribution in [2.45, 2.75) is 38.8 Å². The third-order valence-corrected chi connectivity index (χ3v) is 5.11. The van der Waals surface area contributed by atoms with Gasteiger partial charge >= 0.3 is 6.09 Å². The van der Waals surface area contributed by atoms with Gasteiger partial charge in [-0.25, -0.2) is 13.2 Å². The number of sulfone groups is 1. The molecule has 2 rings (SSSR count). The molecule has 1 aliphatic rings. The topological polar surface area (TPSA) is 102 Å². The Bertz CT molecular complexity index is 737. The normalized spacial score (nSPS) is 19.5. The molecule has 1 heterocycles. The number of carbonyl (C=O) groups excluding carboxylic acids is 2. The second kappa shape index (κ2) is 6.80. The summed E-state index contributed by atoms with van der Waals surface area (Å²) in [7, 11) is -3.05. The molecule has 1 fully saturated rings. The van der Waals surface area contributed by atoms with E-state index in [0.717, 1.165) is 0 Å². The van der Waals surface area contributed by atoms with Gasteiger partial charge in [-0.1, -0.05) is 6.07 Å². The zero-order valence-electron chi connectivity index (χ0n) is 14.0. The van der Waals surface area contributed by atoms with Crippen molar-refractivity contribution in [1.82, 2.24) is 5.32 Å². The van der Waals surface area contributed by atoms with E-state index in [1.807, 2.05) is 0 Å². The van der Waals surface area contributed by atoms with Crippen molar-refractivity contribution < 1.29 is 22.7 Å². The Kier molecular flexibility index (Phi) is 5.17. The van der Waals surface area contributed by atoms with Crippen LogP contribution in [0.4, 0.5) is 10.5 Å². The molecule has 7 nitrogen and oxygen atoms in total. The van der Waals surface area contributed by atoms with E-state index in [4.69, 9.17) is 4.74 Å². The van der Waals surface area contributed by atoms with Gasteiger partial charge in [0, 0.05) is 17.3 Å². The number of carbonyl (C=O) groups is 2. The molecule has 0 spiro atoms. The van der Waals surface area contributed by atoms with Crippen molar-refractivity contribution in [3.63, 3.8) is 0 Å². The molecule has 0 radical (unpaired) electrons. The number of amides is 2. The van der Waals surface area contributed by atoms with E-state index in [2.05, 4.69) is 10.6 Å². The Morgan fingerprint density at radius 2 is 1.96 bits per heavy atom. The summed E-state index contributed by atoms with van der Waals surface area (Å²) < 4.78 is 28.0. The van der Waals surface area contributed by atoms with Crippen LogP contribution in [0.5, 0.6) is 0 Å². The lowest BCUT2D eigenvalue weighted by molar-refractivity contribution is 0.0635. The minimum absolute atomic E-state index is 0.0331. The zero-order chi connectivity index (χ0) is 18.0. The Balaban J connectivity index is 1.99. The van der Waals surface area contributed by atoms with Crippen molar-refractivity contribution in [2.75, 3.05) is 16.8 Å². The molecule has 132 valence electrons. The summed E-state index contributed by atoms with van der Waals surface area (Å²) in [5.41, 5.74) is 0.149. The number of benzene rings is 1. The lowest BCUT2D eigenvalue weighted by Crippen LogP contribution is -2.35. The van der Waals surface area contributed by atoms with Crippen LogP contribution in [0, 0.1) is 0 Å². The highest BCUT2D eigenvalue weighted by atomic mass is 32.2. The average molecular weight is 354 g/mol. The highest BCUT2D eigenvalue weighted by Crippen LogP contribution is 2.15. The van der Waals surface area contributed by atoms with Crippen LogP contribution in [0.3, 0.4) is 0 Å². The van der Waals surface area contributed by atoms with E-state index < -0.39 is 21.5 Å². The molecule has 1 unspecified atom stereocenters. The van der Waals surface area contributed by atoms with Gasteiger partial charge in [-0.2, -0.15) is 0 Å². The van der Waals surface area contributed by atoms with E-state index in [1.54, 1.807) is 39.0 Å². The van der Waals surface area contributed by atoms with Crippen LogP contribution in [-0.2, 0) is 14.6 Å². The van der Waals surface area contributed by atoms with E-state index in [-0.39, 0.29) is 23.5 Å². The molecule has 2 amide bonds. The number of nitrogens with one attached hydrogen (secondary N) is 2. The molecule has 8 heteroatoms. The summed E-state index contributed by atoms with van der Waals surface area (Å²) in [6.45, 7) is 5.27. The fraction of sp³-hybridized carbons (Fsp3) is 0.500. The minimum Gasteiger partial charge on any atom is -0.444 e. The molecule has 0 bridgehead atoms. The Labute approximate surface area is 141 Å². The maximum absolute atomic E-state index is 12.2. The molecule has 1 aromatic carbocycles. The van der Waals surface area contributed by atoms with Crippen LogP contribution in [0.2, 0.25) is 0 Å². The quantitative estimate of drug-likeness (QED) is 0.864. The molecule has 24 heavy (non-hydrogen) atoms. The van der Waals surface area contributed by atoms with E-state index in [9.17, 15) is 18.0 Å². The van der Waals surface area contributed by atoms with Gasteiger partial charge in [-0.3, -0.25) is 10.1 Å². The molecular formula is C16H22N2O5S. The van der Waals surface area contributed by atoms with Crippen LogP contribution in [0.15, 0.2) is 24.3 Å². The maximum atomic E-state index is 12.2. The lowest BCUT2D eigenvalue weighted by Gasteiger charge is -2.19. The Morgan fingerprint density at radius 1 is 1.25 bits per heavy atom. The summed E-state index contributed by atoms with van der Waals surface area (Å²) >= 11 is 0. The van der Waals surface area contributed by atoms with Gasteiger partial charge in [0.25, 0.3) is 5.91 Å². The SMILES string of the molecule is CC(C)(C)OC(=O)Nc1cccc(C(=O)NC2CCS(=O)(=O)C2)c1. The fourth-order valence-electron chi connectivity index (χ4n) is 2.34. The summed E-state index contributed by atoms with van der Waals surface area (Å²) in [5, 5.41) is 5.27. The molecule has 1 aromatic rings. The molecule has 2 N–H and O–H groups in total. The van der Waals surface area contributed by atoms with Crippen molar-refractivity contribution in [3.8, 4) is 0 Å². The molecule has 1 saturated heterocycles. The average Bonchev–Trinajstić information content (AvgIpc) is 2.76. The van der Waals surface area contributed by atoms with E-state index in [1.165, 1.54) is 6.07 Å². The van der Waals surface area contributed by atoms with Crippen molar-refractivity contribution in [3.05, 3.63) is 29.8 Å². The Hall–Kier alpha value is -2.09. The van der Waals surface area contributed by atoms with Gasteiger partial charge in [0.05, 0.1) is 11.5 Å². The van der Waals surface area contributed by atoms with Gasteiger partial charge < -0.3 is 10.1 Å². The predicted molar refractivity (Wildman–Crippen MR) is 90.8 cm³/mol. The monoisotopic (exact) mass is 354 g/mol. The zero-order valence-corrected chi connectivity index (χ0v) is 14.8. The van der Waals surface area contributed by atoms with Crippen molar-refractivity contribution in [1.29, 1.82) is 0 Å². The van der Waals surface area contributed by atoms with Crippen LogP contribution < -0.4 is 10.6 Å². The molecule has 0 aliphatic carbocycles. The number of rotatable bonds is 3. The van der Waals surface area contributed by atoms with Crippen molar-refractivity contribution >= 4 is 27.5 Å². The number of hydrogen-bond donors (Lipinski definition) is 2. The summed E-state index contributed by atoms with van der Waals surface area (Å²) in [5.74, 6) is -0.308. The first-order chi connectivity index (χ1) is 11.0. The summed E-state index contributed by atoms with van der Waals surface area (Å²) in [6.07, 6.45) is -0.189. The lowest BCUT2D eigenvalue weighted by atomic mass is 10.1. The summed E-state index contributed by atoms with van der Waals surface area (Å²) in [4.78, 5) is 24.0. The first-order valence-electron chi connectivity index (χ1n) is 7.65. The number of ether oxygens (including phenoxy) is 1. The largest absolute Gasteiger partial charge is 0.444 e. The van der Waals surface area contributed by atoms with Gasteiger partial charge in [-0.15, -0.1) is 0 Å². The highest BCUT2D eigenvalue weighted by molar-refractivity contribution is 7.91. The van der Waals surface area contributed by atoms with E-state index in [0.29, 0.717) is 17.7 Å². The summed E-state index contributed by atoms with van der Waals surface area (Å²) in [6, 6.07) is 6.01. The van der Waals surface area contributed by atoms with Crippen LogP contribution in [0.25, 0.3) is 0 Å². The van der Waals surface area contributed by atoms with Crippen LogP contribution in [-0.4, -0.2) is 43.6 Å². The third kappa shape index (κ3) is 5.52. The van der Waals surface area contributed by atoms with Crippen LogP contribution in [0.1, 0.15) is 37.6 Å². The number of anilines is 1. The standard InChI is InChI=1S/C16H22N2O5S/c1-16(2,3)23-15(20)18-12-6-4-5-11(9-12)14(19)17-13-7-8-24(21,22)10-13/h4-6,9,13H,7-8,10H2,1-3H3,(H,17,19)(H,18,20). The van der Waals surface area contributed by atoms with Gasteiger partial charge in [0.2, 0.25) is 0 Å². The van der Waals surface area contributed by atoms with Crippen LogP contribution >= 0.6 is 0 Å². The molecule has 1 aliphatic heterocycles. The van der Waals surface area contributed by atoms with E-state index >= 15 is 0 Å². The smallest absolute Gasteiger partial charge is 0.412 e. The maximum Gasteiger partial charge on any atom is 0.412 e. The highest BCUT2D eigenvalue weighted by Gasteiger charge is 2.29. The molecule has 1 atom stereocenters. The Morgan fingerprint density at radius 3 is 2.54 bits per heavy atom. The minimum atomic E-state index is -3.05. The second-order valence-corrected chi connectivity index (χ2v) is 9.01. The van der Waals surface area contributed by atoms with Gasteiger partial charge in [0.1, 0.15) is 5.60 Å². The molecule has 0 saturated carbocycles. The van der Waals surface area contributed by atoms with Gasteiger partial charge in [0.15, 0.2) is 9.84 Å². The van der Waals surface area contributed by atoms with Crippen molar-refractivity contribution in [2.24, 2.45) is 0 Å². The number of hydrogen-bond acceptors (Lipinski definition) is 5. The van der Waals surface area contributed by atoms with Gasteiger partial charge in [-0.05, 0) is 45.4 Å². The first kappa shape index (κ1) is 18.3. The third-order valence-electron chi connectivity index (χ3n) is 3.34. The fourth-order valence-corrected chi connectivity index (χ4v) is 4.01.